The van der Waals surface area contributed by atoms with E-state index in [2.05, 4.69) is 27.0 Å². The molecule has 1 aromatic rings. The summed E-state index contributed by atoms with van der Waals surface area (Å²) in [5.41, 5.74) is 0. The highest BCUT2D eigenvalue weighted by atomic mass is 35.5. The third-order valence-electron chi connectivity index (χ3n) is 6.60. The Kier molecular flexibility index (Phi) is 5.37. The van der Waals surface area contributed by atoms with Crippen molar-refractivity contribution in [3.05, 3.63) is 23.4 Å². The summed E-state index contributed by atoms with van der Waals surface area (Å²) in [5, 5.41) is 3.94. The van der Waals surface area contributed by atoms with Crippen LogP contribution in [0.5, 0.6) is 0 Å². The minimum Gasteiger partial charge on any atom is -0.354 e. The second-order valence-electron chi connectivity index (χ2n) is 8.29. The first-order chi connectivity index (χ1) is 12.6. The van der Waals surface area contributed by atoms with Crippen LogP contribution >= 0.6 is 11.6 Å². The summed E-state index contributed by atoms with van der Waals surface area (Å²) in [7, 11) is 0. The van der Waals surface area contributed by atoms with Gasteiger partial charge in [-0.3, -0.25) is 9.69 Å². The van der Waals surface area contributed by atoms with Crippen molar-refractivity contribution in [3.8, 4) is 0 Å². The number of carbonyl (C=O) groups is 1. The van der Waals surface area contributed by atoms with E-state index in [0.29, 0.717) is 23.5 Å². The summed E-state index contributed by atoms with van der Waals surface area (Å²) in [4.78, 5) is 21.4. The third-order valence-corrected chi connectivity index (χ3v) is 6.82. The topological polar surface area (TPSA) is 48.5 Å². The number of fused-ring (bicyclic) bond motifs is 2. The van der Waals surface area contributed by atoms with Crippen molar-refractivity contribution in [2.75, 3.05) is 37.6 Å². The molecule has 2 aliphatic carbocycles. The number of anilines is 1. The smallest absolute Gasteiger partial charge is 0.234 e. The van der Waals surface area contributed by atoms with Crippen LogP contribution in [-0.4, -0.2) is 54.6 Å². The van der Waals surface area contributed by atoms with Crippen LogP contribution in [0, 0.1) is 17.8 Å². The van der Waals surface area contributed by atoms with Gasteiger partial charge >= 0.3 is 0 Å². The lowest BCUT2D eigenvalue weighted by Gasteiger charge is -2.35. The number of nitrogens with one attached hydrogen (secondary N) is 1. The van der Waals surface area contributed by atoms with E-state index in [9.17, 15) is 4.79 Å². The monoisotopic (exact) mass is 376 g/mol. The number of halogens is 1. The number of nitrogens with zero attached hydrogens (tertiary/aromatic N) is 3. The maximum absolute atomic E-state index is 12.5. The quantitative estimate of drug-likeness (QED) is 0.858. The van der Waals surface area contributed by atoms with Crippen molar-refractivity contribution in [3.63, 3.8) is 0 Å². The lowest BCUT2D eigenvalue weighted by molar-refractivity contribution is -0.123. The minimum atomic E-state index is 0.179. The van der Waals surface area contributed by atoms with Gasteiger partial charge in [0.05, 0.1) is 11.6 Å². The Bertz CT molecular complexity index is 629. The molecular formula is C20H29ClN4O. The Morgan fingerprint density at radius 3 is 2.69 bits per heavy atom. The number of hydrogen-bond acceptors (Lipinski definition) is 4. The molecular weight excluding hydrogens is 348 g/mol. The van der Waals surface area contributed by atoms with E-state index in [1.807, 2.05) is 12.1 Å². The van der Waals surface area contributed by atoms with Gasteiger partial charge in [0.15, 0.2) is 0 Å². The van der Waals surface area contributed by atoms with Gasteiger partial charge in [0.2, 0.25) is 5.91 Å². The van der Waals surface area contributed by atoms with Gasteiger partial charge in [-0.1, -0.05) is 18.0 Å². The molecule has 2 bridgehead atoms. The summed E-state index contributed by atoms with van der Waals surface area (Å²) < 4.78 is 0. The number of amides is 1. The lowest BCUT2D eigenvalue weighted by atomic mass is 9.84. The van der Waals surface area contributed by atoms with E-state index in [4.69, 9.17) is 11.6 Å². The van der Waals surface area contributed by atoms with Gasteiger partial charge in [-0.2, -0.15) is 0 Å². The molecule has 0 aromatic carbocycles. The highest BCUT2D eigenvalue weighted by Gasteiger charge is 2.42. The second kappa shape index (κ2) is 7.73. The Morgan fingerprint density at radius 2 is 2.08 bits per heavy atom. The van der Waals surface area contributed by atoms with Crippen LogP contribution in [-0.2, 0) is 4.79 Å². The zero-order chi connectivity index (χ0) is 18.1. The summed E-state index contributed by atoms with van der Waals surface area (Å²) >= 11 is 5.91. The molecule has 3 aliphatic rings. The van der Waals surface area contributed by atoms with Crippen LogP contribution in [0.2, 0.25) is 5.02 Å². The molecule has 0 unspecified atom stereocenters. The molecule has 1 aliphatic heterocycles. The number of hydrogen-bond donors (Lipinski definition) is 1. The van der Waals surface area contributed by atoms with E-state index in [1.54, 1.807) is 6.20 Å². The van der Waals surface area contributed by atoms with Crippen molar-refractivity contribution in [1.29, 1.82) is 0 Å². The SMILES string of the molecule is C[C@@H](NC(=O)CN1CCN(c2ccc(Cl)cn2)CC1)[C@H]1C[C@H]2CC[C@H]1C2. The van der Waals surface area contributed by atoms with Crippen molar-refractivity contribution < 1.29 is 4.79 Å². The normalized spacial score (nSPS) is 29.8. The van der Waals surface area contributed by atoms with Crippen molar-refractivity contribution >= 4 is 23.3 Å². The molecule has 6 heteroatoms. The Labute approximate surface area is 161 Å². The Balaban J connectivity index is 1.21. The molecule has 4 atom stereocenters. The van der Waals surface area contributed by atoms with Gasteiger partial charge in [0, 0.05) is 38.4 Å². The summed E-state index contributed by atoms with van der Waals surface area (Å²) in [6, 6.07) is 4.15. The molecule has 0 spiro atoms. The molecule has 4 rings (SSSR count). The fourth-order valence-electron chi connectivity index (χ4n) is 5.21. The number of piperazine rings is 1. The van der Waals surface area contributed by atoms with Gasteiger partial charge in [0.25, 0.3) is 0 Å². The highest BCUT2D eigenvalue weighted by Crippen LogP contribution is 2.49. The molecule has 3 fully saturated rings. The number of carbonyl (C=O) groups excluding carboxylic acids is 1. The summed E-state index contributed by atoms with van der Waals surface area (Å²) in [6.45, 7) is 6.27. The largest absolute Gasteiger partial charge is 0.354 e. The first-order valence-corrected chi connectivity index (χ1v) is 10.3. The number of aromatic nitrogens is 1. The average Bonchev–Trinajstić information content (AvgIpc) is 3.26. The molecule has 2 heterocycles. The van der Waals surface area contributed by atoms with Gasteiger partial charge in [0.1, 0.15) is 5.82 Å². The standard InChI is InChI=1S/C20H29ClN4O/c1-14(18-11-15-2-3-16(18)10-15)23-20(26)13-24-6-8-25(9-7-24)19-5-4-17(21)12-22-19/h4-5,12,14-16,18H,2-3,6-11,13H2,1H3,(H,23,26)/t14-,15+,16+,18-/m1/s1. The number of rotatable bonds is 5. The van der Waals surface area contributed by atoms with Crippen molar-refractivity contribution in [1.82, 2.24) is 15.2 Å². The molecule has 2 saturated carbocycles. The fraction of sp³-hybridized carbons (Fsp3) is 0.700. The molecule has 5 nitrogen and oxygen atoms in total. The zero-order valence-electron chi connectivity index (χ0n) is 15.5. The number of pyridine rings is 1. The van der Waals surface area contributed by atoms with Crippen molar-refractivity contribution in [2.24, 2.45) is 17.8 Å². The van der Waals surface area contributed by atoms with E-state index < -0.39 is 0 Å². The molecule has 26 heavy (non-hydrogen) atoms. The first-order valence-electron chi connectivity index (χ1n) is 9.96. The predicted octanol–water partition coefficient (Wildman–Crippen LogP) is 2.80. The Morgan fingerprint density at radius 1 is 1.27 bits per heavy atom. The van der Waals surface area contributed by atoms with Crippen LogP contribution in [0.25, 0.3) is 0 Å². The van der Waals surface area contributed by atoms with E-state index in [1.165, 1.54) is 25.7 Å². The lowest BCUT2D eigenvalue weighted by Crippen LogP contribution is -2.51. The summed E-state index contributed by atoms with van der Waals surface area (Å²) in [6.07, 6.45) is 7.18. The van der Waals surface area contributed by atoms with Crippen LogP contribution < -0.4 is 10.2 Å². The van der Waals surface area contributed by atoms with Gasteiger partial charge in [-0.25, -0.2) is 4.98 Å². The first kappa shape index (κ1) is 18.1. The Hall–Kier alpha value is -1.33. The fourth-order valence-corrected chi connectivity index (χ4v) is 5.32. The second-order valence-corrected chi connectivity index (χ2v) is 8.73. The van der Waals surface area contributed by atoms with Crippen LogP contribution in [0.3, 0.4) is 0 Å². The third kappa shape index (κ3) is 3.99. The van der Waals surface area contributed by atoms with Crippen LogP contribution in [0.4, 0.5) is 5.82 Å². The zero-order valence-corrected chi connectivity index (χ0v) is 16.3. The van der Waals surface area contributed by atoms with E-state index >= 15 is 0 Å². The highest BCUT2D eigenvalue weighted by molar-refractivity contribution is 6.30. The molecule has 142 valence electrons. The van der Waals surface area contributed by atoms with Crippen molar-refractivity contribution in [2.45, 2.75) is 38.6 Å². The maximum atomic E-state index is 12.5. The minimum absolute atomic E-state index is 0.179. The predicted molar refractivity (Wildman–Crippen MR) is 104 cm³/mol. The van der Waals surface area contributed by atoms with Crippen LogP contribution in [0.1, 0.15) is 32.6 Å². The molecule has 0 radical (unpaired) electrons. The average molecular weight is 377 g/mol. The van der Waals surface area contributed by atoms with E-state index in [-0.39, 0.29) is 5.91 Å². The maximum Gasteiger partial charge on any atom is 0.234 e. The molecule has 1 saturated heterocycles. The molecule has 1 amide bonds. The summed E-state index contributed by atoms with van der Waals surface area (Å²) in [5.74, 6) is 3.62. The van der Waals surface area contributed by atoms with Gasteiger partial charge in [-0.05, 0) is 56.1 Å². The van der Waals surface area contributed by atoms with Gasteiger partial charge < -0.3 is 10.2 Å². The molecule has 1 N–H and O–H groups in total. The molecule has 1 aromatic heterocycles. The van der Waals surface area contributed by atoms with Crippen LogP contribution in [0.15, 0.2) is 18.3 Å². The van der Waals surface area contributed by atoms with E-state index in [0.717, 1.165) is 43.8 Å². The van der Waals surface area contributed by atoms with Gasteiger partial charge in [-0.15, -0.1) is 0 Å².